The lowest BCUT2D eigenvalue weighted by molar-refractivity contribution is 0.553. The molecule has 0 aromatic carbocycles. The molecule has 108 valence electrons. The summed E-state index contributed by atoms with van der Waals surface area (Å²) in [5.41, 5.74) is 0. The second kappa shape index (κ2) is 5.76. The maximum Gasteiger partial charge on any atom is 0.244 e. The molecule has 0 saturated heterocycles. The molecule has 0 amide bonds. The van der Waals surface area contributed by atoms with Crippen molar-refractivity contribution in [1.82, 2.24) is 24.5 Å². The summed E-state index contributed by atoms with van der Waals surface area (Å²) in [6.45, 7) is 1.67. The molecular formula is C10H11BrClN5O2S. The molecule has 7 nitrogen and oxygen atoms in total. The van der Waals surface area contributed by atoms with Gasteiger partial charge < -0.3 is 4.57 Å². The van der Waals surface area contributed by atoms with Gasteiger partial charge in [-0.05, 0) is 28.9 Å². The van der Waals surface area contributed by atoms with Gasteiger partial charge in [0.15, 0.2) is 0 Å². The minimum atomic E-state index is -3.81. The van der Waals surface area contributed by atoms with Crippen molar-refractivity contribution in [2.45, 2.75) is 17.9 Å². The lowest BCUT2D eigenvalue weighted by atomic mass is 10.3. The molecule has 1 N–H and O–H groups in total. The predicted octanol–water partition coefficient (Wildman–Crippen LogP) is 1.67. The minimum absolute atomic E-state index is 0.0918. The van der Waals surface area contributed by atoms with Crippen LogP contribution in [0, 0.1) is 0 Å². The molecule has 2 aromatic heterocycles. The van der Waals surface area contributed by atoms with Crippen molar-refractivity contribution in [3.8, 4) is 0 Å². The first kappa shape index (κ1) is 15.4. The molecule has 0 bridgehead atoms. The lowest BCUT2D eigenvalue weighted by Gasteiger charge is -2.14. The fourth-order valence-corrected chi connectivity index (χ4v) is 3.77. The number of nitrogens with one attached hydrogen (secondary N) is 1. The monoisotopic (exact) mass is 379 g/mol. The van der Waals surface area contributed by atoms with Gasteiger partial charge in [0.2, 0.25) is 10.0 Å². The lowest BCUT2D eigenvalue weighted by Crippen LogP contribution is -2.29. The molecule has 0 fully saturated rings. The van der Waals surface area contributed by atoms with Crippen LogP contribution >= 0.6 is 27.5 Å². The van der Waals surface area contributed by atoms with Gasteiger partial charge in [-0.2, -0.15) is 0 Å². The molecule has 1 atom stereocenters. The first-order valence-electron chi connectivity index (χ1n) is 5.48. The summed E-state index contributed by atoms with van der Waals surface area (Å²) in [5, 5.41) is 7.48. The Morgan fingerprint density at radius 3 is 2.80 bits per heavy atom. The van der Waals surface area contributed by atoms with E-state index in [0.29, 0.717) is 10.3 Å². The number of hydrogen-bond donors (Lipinski definition) is 1. The Labute approximate surface area is 129 Å². The molecule has 1 unspecified atom stereocenters. The van der Waals surface area contributed by atoms with Crippen LogP contribution in [0.5, 0.6) is 0 Å². The van der Waals surface area contributed by atoms with Crippen LogP contribution in [0.25, 0.3) is 0 Å². The molecule has 2 aromatic rings. The summed E-state index contributed by atoms with van der Waals surface area (Å²) in [4.78, 5) is 3.70. The Morgan fingerprint density at radius 2 is 2.20 bits per heavy atom. The molecular weight excluding hydrogens is 370 g/mol. The standard InChI is InChI=1S/C10H11BrClN5O2S/c1-6(10-15-14-5-17(10)2)16-20(18,19)8-3-7(11)4-13-9(8)12/h3-6,16H,1-2H3. The van der Waals surface area contributed by atoms with E-state index in [9.17, 15) is 8.42 Å². The molecule has 0 aliphatic carbocycles. The van der Waals surface area contributed by atoms with Crippen molar-refractivity contribution >= 4 is 37.6 Å². The normalized spacial score (nSPS) is 13.4. The number of rotatable bonds is 4. The Hall–Kier alpha value is -1.03. The fourth-order valence-electron chi connectivity index (χ4n) is 1.63. The smallest absolute Gasteiger partial charge is 0.244 e. The van der Waals surface area contributed by atoms with Gasteiger partial charge in [-0.1, -0.05) is 11.6 Å². The van der Waals surface area contributed by atoms with E-state index in [4.69, 9.17) is 11.6 Å². The van der Waals surface area contributed by atoms with Crippen LogP contribution in [0.15, 0.2) is 28.0 Å². The first-order valence-corrected chi connectivity index (χ1v) is 8.14. The summed E-state index contributed by atoms with van der Waals surface area (Å²) in [7, 11) is -2.08. The number of halogens is 2. The molecule has 0 saturated carbocycles. The van der Waals surface area contributed by atoms with E-state index in [1.165, 1.54) is 18.6 Å². The molecule has 10 heteroatoms. The van der Waals surface area contributed by atoms with Crippen LogP contribution in [-0.2, 0) is 17.1 Å². The van der Waals surface area contributed by atoms with E-state index in [1.807, 2.05) is 0 Å². The van der Waals surface area contributed by atoms with Crippen LogP contribution < -0.4 is 4.72 Å². The Morgan fingerprint density at radius 1 is 1.50 bits per heavy atom. The van der Waals surface area contributed by atoms with Gasteiger partial charge in [-0.15, -0.1) is 10.2 Å². The number of nitrogens with zero attached hydrogens (tertiary/aromatic N) is 4. The molecule has 20 heavy (non-hydrogen) atoms. The maximum absolute atomic E-state index is 12.3. The largest absolute Gasteiger partial charge is 0.319 e. The molecule has 0 radical (unpaired) electrons. The Bertz CT molecular complexity index is 733. The summed E-state index contributed by atoms with van der Waals surface area (Å²) in [5.74, 6) is 0.493. The van der Waals surface area contributed by atoms with Gasteiger partial charge in [0, 0.05) is 17.7 Å². The summed E-state index contributed by atoms with van der Waals surface area (Å²) in [6, 6.07) is 0.837. The van der Waals surface area contributed by atoms with E-state index in [0.717, 1.165) is 0 Å². The van der Waals surface area contributed by atoms with Gasteiger partial charge in [0.05, 0.1) is 6.04 Å². The van der Waals surface area contributed by atoms with Gasteiger partial charge in [0.1, 0.15) is 22.2 Å². The second-order valence-corrected chi connectivity index (χ2v) is 7.04. The molecule has 2 rings (SSSR count). The third kappa shape index (κ3) is 3.17. The maximum atomic E-state index is 12.3. The predicted molar refractivity (Wildman–Crippen MR) is 76.7 cm³/mol. The van der Waals surface area contributed by atoms with Gasteiger partial charge in [-0.3, -0.25) is 0 Å². The number of aromatic nitrogens is 4. The van der Waals surface area contributed by atoms with Crippen molar-refractivity contribution < 1.29 is 8.42 Å². The van der Waals surface area contributed by atoms with Crippen molar-refractivity contribution in [3.63, 3.8) is 0 Å². The highest BCUT2D eigenvalue weighted by molar-refractivity contribution is 9.10. The van der Waals surface area contributed by atoms with E-state index in [-0.39, 0.29) is 10.0 Å². The number of pyridine rings is 1. The van der Waals surface area contributed by atoms with Crippen LogP contribution in [0.1, 0.15) is 18.8 Å². The average Bonchev–Trinajstić information content (AvgIpc) is 2.78. The van der Waals surface area contributed by atoms with Crippen LogP contribution in [0.4, 0.5) is 0 Å². The van der Waals surface area contributed by atoms with E-state index < -0.39 is 16.1 Å². The SMILES string of the molecule is CC(NS(=O)(=O)c1cc(Br)cnc1Cl)c1nncn1C. The molecule has 2 heterocycles. The summed E-state index contributed by atoms with van der Waals surface area (Å²) in [6.07, 6.45) is 2.92. The zero-order chi connectivity index (χ0) is 14.9. The molecule has 0 spiro atoms. The van der Waals surface area contributed by atoms with Gasteiger partial charge >= 0.3 is 0 Å². The number of sulfonamides is 1. The van der Waals surface area contributed by atoms with Crippen LogP contribution in [0.3, 0.4) is 0 Å². The van der Waals surface area contributed by atoms with Crippen molar-refractivity contribution in [1.29, 1.82) is 0 Å². The topological polar surface area (TPSA) is 89.8 Å². The van der Waals surface area contributed by atoms with Crippen molar-refractivity contribution in [2.75, 3.05) is 0 Å². The third-order valence-electron chi connectivity index (χ3n) is 2.53. The number of hydrogen-bond acceptors (Lipinski definition) is 5. The minimum Gasteiger partial charge on any atom is -0.319 e. The first-order chi connectivity index (χ1) is 9.31. The highest BCUT2D eigenvalue weighted by Gasteiger charge is 2.24. The zero-order valence-electron chi connectivity index (χ0n) is 10.6. The van der Waals surface area contributed by atoms with Crippen LogP contribution in [-0.4, -0.2) is 28.2 Å². The summed E-state index contributed by atoms with van der Waals surface area (Å²) >= 11 is 9.00. The van der Waals surface area contributed by atoms with Crippen molar-refractivity contribution in [2.24, 2.45) is 7.05 Å². The van der Waals surface area contributed by atoms with Crippen molar-refractivity contribution in [3.05, 3.63) is 34.0 Å². The molecule has 0 aliphatic rings. The van der Waals surface area contributed by atoms with Gasteiger partial charge in [-0.25, -0.2) is 18.1 Å². The van der Waals surface area contributed by atoms with E-state index in [2.05, 4.69) is 35.8 Å². The second-order valence-electron chi connectivity index (χ2n) is 4.09. The van der Waals surface area contributed by atoms with E-state index in [1.54, 1.807) is 18.5 Å². The summed E-state index contributed by atoms with van der Waals surface area (Å²) < 4.78 is 29.3. The average molecular weight is 381 g/mol. The van der Waals surface area contributed by atoms with Gasteiger partial charge in [0.25, 0.3) is 0 Å². The highest BCUT2D eigenvalue weighted by Crippen LogP contribution is 2.24. The Balaban J connectivity index is 2.32. The van der Waals surface area contributed by atoms with E-state index >= 15 is 0 Å². The zero-order valence-corrected chi connectivity index (χ0v) is 13.7. The quantitative estimate of drug-likeness (QED) is 0.815. The Kier molecular flexibility index (Phi) is 4.43. The fraction of sp³-hybridized carbons (Fsp3) is 0.300. The third-order valence-corrected chi connectivity index (χ3v) is 4.93. The number of aryl methyl sites for hydroxylation is 1. The van der Waals surface area contributed by atoms with Crippen LogP contribution in [0.2, 0.25) is 5.15 Å². The highest BCUT2D eigenvalue weighted by atomic mass is 79.9. The molecule has 0 aliphatic heterocycles.